The van der Waals surface area contributed by atoms with Crippen LogP contribution in [0, 0.1) is 0 Å². The van der Waals surface area contributed by atoms with Crippen LogP contribution in [0.4, 0.5) is 0 Å². The van der Waals surface area contributed by atoms with E-state index in [1.807, 2.05) is 0 Å². The van der Waals surface area contributed by atoms with Gasteiger partial charge >= 0.3 is 11.7 Å². The number of hydrogen-bond donors (Lipinski definition) is 4. The normalized spacial score (nSPS) is 17.5. The van der Waals surface area contributed by atoms with E-state index < -0.39 is 23.1 Å². The minimum Gasteiger partial charge on any atom is -0.480 e. The van der Waals surface area contributed by atoms with E-state index in [0.717, 1.165) is 6.42 Å². The standard InChI is InChI=1S/C9H11N3O4/c13-6(5-4-10-8(16)11-5)12-9(7(14)15)2-1-3-9/h4H,1-3H2,(H,12,13)(H,14,15)(H2,10,11,16). The van der Waals surface area contributed by atoms with Gasteiger partial charge in [-0.25, -0.2) is 9.59 Å². The summed E-state index contributed by atoms with van der Waals surface area (Å²) >= 11 is 0. The highest BCUT2D eigenvalue weighted by molar-refractivity contribution is 5.96. The van der Waals surface area contributed by atoms with Gasteiger partial charge in [-0.15, -0.1) is 0 Å². The van der Waals surface area contributed by atoms with Gasteiger partial charge in [-0.1, -0.05) is 0 Å². The molecule has 0 radical (unpaired) electrons. The number of imidazole rings is 1. The first kappa shape index (κ1) is 10.5. The Hall–Kier alpha value is -2.05. The maximum Gasteiger partial charge on any atom is 0.329 e. The van der Waals surface area contributed by atoms with Gasteiger partial charge in [-0.3, -0.25) is 4.79 Å². The van der Waals surface area contributed by atoms with Gasteiger partial charge in [0.25, 0.3) is 5.91 Å². The van der Waals surface area contributed by atoms with Gasteiger partial charge in [-0.2, -0.15) is 0 Å². The third kappa shape index (κ3) is 1.60. The third-order valence-corrected chi connectivity index (χ3v) is 2.81. The highest BCUT2D eigenvalue weighted by atomic mass is 16.4. The zero-order chi connectivity index (χ0) is 11.8. The van der Waals surface area contributed by atoms with Crippen molar-refractivity contribution in [1.82, 2.24) is 15.3 Å². The van der Waals surface area contributed by atoms with Gasteiger partial charge in [0, 0.05) is 6.20 Å². The summed E-state index contributed by atoms with van der Waals surface area (Å²) in [5, 5.41) is 11.4. The monoisotopic (exact) mass is 225 g/mol. The van der Waals surface area contributed by atoms with Crippen LogP contribution in [-0.4, -0.2) is 32.5 Å². The fourth-order valence-corrected chi connectivity index (χ4v) is 1.66. The SMILES string of the molecule is O=C(NC1(C(=O)O)CCC1)c1c[nH]c(=O)[nH]1. The van der Waals surface area contributed by atoms with Crippen molar-refractivity contribution in [3.05, 3.63) is 22.4 Å². The number of amides is 1. The van der Waals surface area contributed by atoms with Crippen molar-refractivity contribution in [2.45, 2.75) is 24.8 Å². The number of carboxylic acid groups (broad SMARTS) is 1. The third-order valence-electron chi connectivity index (χ3n) is 2.81. The van der Waals surface area contributed by atoms with Crippen LogP contribution in [0.5, 0.6) is 0 Å². The summed E-state index contributed by atoms with van der Waals surface area (Å²) in [5.74, 6) is -1.62. The number of carboxylic acids is 1. The Morgan fingerprint density at radius 1 is 1.44 bits per heavy atom. The molecule has 1 fully saturated rings. The first-order valence-corrected chi connectivity index (χ1v) is 4.87. The summed E-state index contributed by atoms with van der Waals surface area (Å²) < 4.78 is 0. The van der Waals surface area contributed by atoms with E-state index in [1.165, 1.54) is 6.20 Å². The lowest BCUT2D eigenvalue weighted by atomic mass is 9.76. The van der Waals surface area contributed by atoms with Crippen molar-refractivity contribution < 1.29 is 14.7 Å². The summed E-state index contributed by atoms with van der Waals surface area (Å²) in [4.78, 5) is 37.9. The highest BCUT2D eigenvalue weighted by Gasteiger charge is 2.45. The number of rotatable bonds is 3. The molecule has 0 saturated heterocycles. The maximum absolute atomic E-state index is 11.6. The Morgan fingerprint density at radius 3 is 2.50 bits per heavy atom. The van der Waals surface area contributed by atoms with Crippen LogP contribution in [0.2, 0.25) is 0 Å². The number of hydrogen-bond acceptors (Lipinski definition) is 3. The molecule has 1 aromatic rings. The molecule has 0 aliphatic heterocycles. The van der Waals surface area contributed by atoms with Crippen molar-refractivity contribution in [2.24, 2.45) is 0 Å². The van der Waals surface area contributed by atoms with Crippen molar-refractivity contribution >= 4 is 11.9 Å². The molecule has 1 heterocycles. The average molecular weight is 225 g/mol. The van der Waals surface area contributed by atoms with E-state index in [0.29, 0.717) is 12.8 Å². The minimum atomic E-state index is -1.16. The fourth-order valence-electron chi connectivity index (χ4n) is 1.66. The van der Waals surface area contributed by atoms with Crippen molar-refractivity contribution in [3.8, 4) is 0 Å². The zero-order valence-electron chi connectivity index (χ0n) is 8.37. The molecule has 86 valence electrons. The molecular formula is C9H11N3O4. The Kier molecular flexibility index (Phi) is 2.30. The summed E-state index contributed by atoms with van der Waals surface area (Å²) in [6.45, 7) is 0. The number of aromatic nitrogens is 2. The van der Waals surface area contributed by atoms with Crippen molar-refractivity contribution in [2.75, 3.05) is 0 Å². The average Bonchev–Trinajstić information content (AvgIpc) is 2.57. The van der Waals surface area contributed by atoms with Crippen LogP contribution >= 0.6 is 0 Å². The summed E-state index contributed by atoms with van der Waals surface area (Å²) in [6.07, 6.45) is 2.83. The first-order valence-electron chi connectivity index (χ1n) is 4.87. The maximum atomic E-state index is 11.6. The Bertz CT molecular complexity index is 483. The molecular weight excluding hydrogens is 214 g/mol. The minimum absolute atomic E-state index is 0.0394. The zero-order valence-corrected chi connectivity index (χ0v) is 8.37. The Balaban J connectivity index is 2.13. The molecule has 16 heavy (non-hydrogen) atoms. The second-order valence-corrected chi connectivity index (χ2v) is 3.85. The van der Waals surface area contributed by atoms with Gasteiger partial charge < -0.3 is 20.4 Å². The quantitative estimate of drug-likeness (QED) is 0.551. The molecule has 1 saturated carbocycles. The Morgan fingerprint density at radius 2 is 2.12 bits per heavy atom. The van der Waals surface area contributed by atoms with E-state index in [1.54, 1.807) is 0 Å². The van der Waals surface area contributed by atoms with Crippen molar-refractivity contribution in [3.63, 3.8) is 0 Å². The van der Waals surface area contributed by atoms with Crippen LogP contribution in [0.15, 0.2) is 11.0 Å². The molecule has 0 spiro atoms. The summed E-state index contributed by atoms with van der Waals surface area (Å²) in [7, 11) is 0. The van der Waals surface area contributed by atoms with Crippen LogP contribution < -0.4 is 11.0 Å². The molecule has 4 N–H and O–H groups in total. The summed E-state index contributed by atoms with van der Waals surface area (Å²) in [6, 6.07) is 0. The van der Waals surface area contributed by atoms with Crippen LogP contribution in [0.25, 0.3) is 0 Å². The lowest BCUT2D eigenvalue weighted by molar-refractivity contribution is -0.148. The number of carbonyl (C=O) groups excluding carboxylic acids is 1. The van der Waals surface area contributed by atoms with Gasteiger partial charge in [-0.05, 0) is 19.3 Å². The molecule has 0 atom stereocenters. The lowest BCUT2D eigenvalue weighted by Gasteiger charge is -2.37. The topological polar surface area (TPSA) is 115 Å². The first-order chi connectivity index (χ1) is 7.53. The van der Waals surface area contributed by atoms with E-state index in [9.17, 15) is 14.4 Å². The van der Waals surface area contributed by atoms with E-state index in [2.05, 4.69) is 15.3 Å². The molecule has 1 aliphatic carbocycles. The van der Waals surface area contributed by atoms with E-state index >= 15 is 0 Å². The van der Waals surface area contributed by atoms with E-state index in [4.69, 9.17) is 5.11 Å². The number of aromatic amines is 2. The van der Waals surface area contributed by atoms with Gasteiger partial charge in [0.2, 0.25) is 0 Å². The predicted molar refractivity (Wildman–Crippen MR) is 53.1 cm³/mol. The number of H-pyrrole nitrogens is 2. The molecule has 1 amide bonds. The fraction of sp³-hybridized carbons (Fsp3) is 0.444. The highest BCUT2D eigenvalue weighted by Crippen LogP contribution is 2.32. The molecule has 0 aromatic carbocycles. The van der Waals surface area contributed by atoms with Crippen LogP contribution in [0.1, 0.15) is 29.8 Å². The summed E-state index contributed by atoms with van der Waals surface area (Å²) in [5.41, 5.74) is -1.62. The molecule has 1 aromatic heterocycles. The number of carbonyl (C=O) groups is 2. The Labute approximate surface area is 89.9 Å². The second-order valence-electron chi connectivity index (χ2n) is 3.85. The van der Waals surface area contributed by atoms with Crippen molar-refractivity contribution in [1.29, 1.82) is 0 Å². The van der Waals surface area contributed by atoms with Gasteiger partial charge in [0.1, 0.15) is 11.2 Å². The molecule has 2 rings (SSSR count). The number of aliphatic carboxylic acids is 1. The van der Waals surface area contributed by atoms with Gasteiger partial charge in [0.05, 0.1) is 0 Å². The second kappa shape index (κ2) is 3.51. The smallest absolute Gasteiger partial charge is 0.329 e. The van der Waals surface area contributed by atoms with Crippen LogP contribution in [-0.2, 0) is 4.79 Å². The molecule has 7 nitrogen and oxygen atoms in total. The van der Waals surface area contributed by atoms with Crippen LogP contribution in [0.3, 0.4) is 0 Å². The molecule has 0 unspecified atom stereocenters. The lowest BCUT2D eigenvalue weighted by Crippen LogP contribution is -2.59. The van der Waals surface area contributed by atoms with Gasteiger partial charge in [0.15, 0.2) is 0 Å². The number of nitrogens with one attached hydrogen (secondary N) is 3. The molecule has 7 heteroatoms. The largest absolute Gasteiger partial charge is 0.480 e. The molecule has 0 bridgehead atoms. The van der Waals surface area contributed by atoms with E-state index in [-0.39, 0.29) is 5.69 Å². The predicted octanol–water partition coefficient (Wildman–Crippen LogP) is -0.560. The molecule has 1 aliphatic rings.